The zero-order chi connectivity index (χ0) is 24.3. The summed E-state index contributed by atoms with van der Waals surface area (Å²) in [5, 5.41) is 0. The molecule has 1 aliphatic rings. The van der Waals surface area contributed by atoms with Gasteiger partial charge >= 0.3 is 0 Å². The highest BCUT2D eigenvalue weighted by Crippen LogP contribution is 2.33. The van der Waals surface area contributed by atoms with Crippen molar-refractivity contribution in [3.8, 4) is 11.1 Å². The van der Waals surface area contributed by atoms with E-state index in [2.05, 4.69) is 86.3 Å². The van der Waals surface area contributed by atoms with Gasteiger partial charge in [0.2, 0.25) is 0 Å². The molecule has 0 N–H and O–H groups in total. The van der Waals surface area contributed by atoms with Crippen LogP contribution in [0.15, 0.2) is 36.4 Å². The third kappa shape index (κ3) is 7.96. The standard InChI is InChI=1S/C27H41N3O4/c1-28(2)24-6-8-26-22(18-24)20-33-16-14-31-12-10-30(5)11-13-32-15-17-34-21-23-19-25(29(3)4)7-9-27(23)26/h6-9,18-19H,10-17,20-21H2,1-5H3. The Morgan fingerprint density at radius 3 is 1.41 bits per heavy atom. The minimum atomic E-state index is 0.532. The molecule has 1 aliphatic heterocycles. The van der Waals surface area contributed by atoms with E-state index in [0.29, 0.717) is 52.9 Å². The first kappa shape index (κ1) is 26.4. The van der Waals surface area contributed by atoms with Gasteiger partial charge in [-0.25, -0.2) is 0 Å². The molecule has 0 atom stereocenters. The van der Waals surface area contributed by atoms with Crippen LogP contribution in [0.3, 0.4) is 0 Å². The SMILES string of the molecule is CN1CCOCCOCc2cc(N(C)C)ccc2-c2ccc(N(C)C)cc2COCCOCC1. The maximum Gasteiger partial charge on any atom is 0.0724 e. The van der Waals surface area contributed by atoms with Crippen molar-refractivity contribution in [2.75, 3.05) is 97.8 Å². The highest BCUT2D eigenvalue weighted by atomic mass is 16.5. The van der Waals surface area contributed by atoms with E-state index in [-0.39, 0.29) is 0 Å². The normalized spacial score (nSPS) is 17.6. The lowest BCUT2D eigenvalue weighted by Crippen LogP contribution is -2.27. The number of rotatable bonds is 2. The number of fused-ring (bicyclic) bond motifs is 3. The number of benzene rings is 2. The topological polar surface area (TPSA) is 46.6 Å². The second-order valence-electron chi connectivity index (χ2n) is 9.10. The van der Waals surface area contributed by atoms with Crippen LogP contribution in [-0.4, -0.2) is 92.9 Å². The van der Waals surface area contributed by atoms with Crippen molar-refractivity contribution in [1.29, 1.82) is 0 Å². The summed E-state index contributed by atoms with van der Waals surface area (Å²) in [4.78, 5) is 6.45. The van der Waals surface area contributed by atoms with Crippen LogP contribution in [0.2, 0.25) is 0 Å². The molecule has 0 saturated heterocycles. The first-order chi connectivity index (χ1) is 16.5. The fourth-order valence-electron chi connectivity index (χ4n) is 3.84. The van der Waals surface area contributed by atoms with E-state index in [1.165, 1.54) is 11.1 Å². The van der Waals surface area contributed by atoms with Gasteiger partial charge in [0.05, 0.1) is 52.9 Å². The lowest BCUT2D eigenvalue weighted by atomic mass is 9.94. The summed E-state index contributed by atoms with van der Waals surface area (Å²) in [6.07, 6.45) is 0. The highest BCUT2D eigenvalue weighted by Gasteiger charge is 2.14. The Balaban J connectivity index is 1.88. The fourth-order valence-corrected chi connectivity index (χ4v) is 3.84. The van der Waals surface area contributed by atoms with E-state index < -0.39 is 0 Å². The molecule has 0 bridgehead atoms. The Morgan fingerprint density at radius 2 is 1.00 bits per heavy atom. The van der Waals surface area contributed by atoms with E-state index in [9.17, 15) is 0 Å². The summed E-state index contributed by atoms with van der Waals surface area (Å²) >= 11 is 0. The Morgan fingerprint density at radius 1 is 0.588 bits per heavy atom. The Bertz CT molecular complexity index is 817. The van der Waals surface area contributed by atoms with Gasteiger partial charge < -0.3 is 33.6 Å². The molecule has 34 heavy (non-hydrogen) atoms. The van der Waals surface area contributed by atoms with Crippen molar-refractivity contribution in [3.05, 3.63) is 47.5 Å². The summed E-state index contributed by atoms with van der Waals surface area (Å²) in [6.45, 7) is 6.48. The molecule has 2 aromatic rings. The van der Waals surface area contributed by atoms with Crippen LogP contribution >= 0.6 is 0 Å². The first-order valence-electron chi connectivity index (χ1n) is 12.1. The third-order valence-electron chi connectivity index (χ3n) is 5.99. The highest BCUT2D eigenvalue weighted by molar-refractivity contribution is 5.75. The monoisotopic (exact) mass is 471 g/mol. The zero-order valence-corrected chi connectivity index (χ0v) is 21.5. The minimum absolute atomic E-state index is 0.532. The molecular formula is C27H41N3O4. The molecular weight excluding hydrogens is 430 g/mol. The number of hydrogen-bond donors (Lipinski definition) is 0. The molecule has 188 valence electrons. The van der Waals surface area contributed by atoms with Crippen LogP contribution < -0.4 is 9.80 Å². The van der Waals surface area contributed by atoms with E-state index in [0.717, 1.165) is 35.6 Å². The van der Waals surface area contributed by atoms with Gasteiger partial charge in [-0.15, -0.1) is 0 Å². The fraction of sp³-hybridized carbons (Fsp3) is 0.556. The van der Waals surface area contributed by atoms with Crippen LogP contribution in [0.4, 0.5) is 11.4 Å². The van der Waals surface area contributed by atoms with E-state index in [1.54, 1.807) is 0 Å². The molecule has 2 aromatic carbocycles. The lowest BCUT2D eigenvalue weighted by Gasteiger charge is -2.21. The Kier molecular flexibility index (Phi) is 10.6. The molecule has 7 heteroatoms. The zero-order valence-electron chi connectivity index (χ0n) is 21.5. The maximum absolute atomic E-state index is 6.05. The summed E-state index contributed by atoms with van der Waals surface area (Å²) in [5.41, 5.74) is 6.97. The van der Waals surface area contributed by atoms with Gasteiger partial charge in [-0.05, 0) is 53.6 Å². The van der Waals surface area contributed by atoms with Gasteiger partial charge in [0, 0.05) is 52.7 Å². The average Bonchev–Trinajstić information content (AvgIpc) is 2.82. The quantitative estimate of drug-likeness (QED) is 0.664. The van der Waals surface area contributed by atoms with Crippen LogP contribution in [0, 0.1) is 0 Å². The van der Waals surface area contributed by atoms with Crippen molar-refractivity contribution < 1.29 is 18.9 Å². The van der Waals surface area contributed by atoms with Gasteiger partial charge in [0.1, 0.15) is 0 Å². The van der Waals surface area contributed by atoms with Crippen LogP contribution in [0.5, 0.6) is 0 Å². The van der Waals surface area contributed by atoms with Crippen molar-refractivity contribution in [2.24, 2.45) is 0 Å². The van der Waals surface area contributed by atoms with Crippen molar-refractivity contribution in [1.82, 2.24) is 4.90 Å². The van der Waals surface area contributed by atoms with Crippen LogP contribution in [0.25, 0.3) is 11.1 Å². The number of likely N-dealkylation sites (N-methyl/N-ethyl adjacent to an activating group) is 1. The largest absolute Gasteiger partial charge is 0.378 e. The Labute approximate surface area is 205 Å². The predicted octanol–water partition coefficient (Wildman–Crippen LogP) is 3.50. The van der Waals surface area contributed by atoms with Gasteiger partial charge in [0.15, 0.2) is 0 Å². The van der Waals surface area contributed by atoms with Crippen molar-refractivity contribution in [2.45, 2.75) is 13.2 Å². The second kappa shape index (κ2) is 13.7. The minimum Gasteiger partial charge on any atom is -0.378 e. The van der Waals surface area contributed by atoms with Crippen molar-refractivity contribution in [3.63, 3.8) is 0 Å². The second-order valence-corrected chi connectivity index (χ2v) is 9.10. The van der Waals surface area contributed by atoms with Gasteiger partial charge in [-0.3, -0.25) is 0 Å². The summed E-state index contributed by atoms with van der Waals surface area (Å²) in [7, 11) is 10.3. The lowest BCUT2D eigenvalue weighted by molar-refractivity contribution is 0.0229. The van der Waals surface area contributed by atoms with Crippen LogP contribution in [-0.2, 0) is 32.2 Å². The molecule has 0 saturated carbocycles. The average molecular weight is 472 g/mol. The molecule has 0 amide bonds. The van der Waals surface area contributed by atoms with Crippen molar-refractivity contribution >= 4 is 11.4 Å². The third-order valence-corrected chi connectivity index (χ3v) is 5.99. The van der Waals surface area contributed by atoms with Crippen LogP contribution in [0.1, 0.15) is 11.1 Å². The van der Waals surface area contributed by atoms with E-state index in [1.807, 2.05) is 0 Å². The molecule has 0 radical (unpaired) electrons. The smallest absolute Gasteiger partial charge is 0.0724 e. The number of ether oxygens (including phenoxy) is 4. The molecule has 0 aromatic heterocycles. The first-order valence-corrected chi connectivity index (χ1v) is 12.1. The summed E-state index contributed by atoms with van der Waals surface area (Å²) in [5.74, 6) is 0. The number of nitrogens with zero attached hydrogens (tertiary/aromatic N) is 3. The molecule has 0 aliphatic carbocycles. The molecule has 1 heterocycles. The van der Waals surface area contributed by atoms with Gasteiger partial charge in [-0.1, -0.05) is 12.1 Å². The maximum atomic E-state index is 6.05. The number of anilines is 2. The molecule has 0 spiro atoms. The predicted molar refractivity (Wildman–Crippen MR) is 139 cm³/mol. The van der Waals surface area contributed by atoms with Gasteiger partial charge in [-0.2, -0.15) is 0 Å². The molecule has 0 unspecified atom stereocenters. The molecule has 0 fully saturated rings. The molecule has 3 rings (SSSR count). The summed E-state index contributed by atoms with van der Waals surface area (Å²) in [6, 6.07) is 13.1. The van der Waals surface area contributed by atoms with E-state index >= 15 is 0 Å². The molecule has 7 nitrogen and oxygen atoms in total. The summed E-state index contributed by atoms with van der Waals surface area (Å²) < 4.78 is 23.6. The number of hydrogen-bond acceptors (Lipinski definition) is 7. The van der Waals surface area contributed by atoms with E-state index in [4.69, 9.17) is 18.9 Å². The Hall–Kier alpha value is -2.16. The van der Waals surface area contributed by atoms with Gasteiger partial charge in [0.25, 0.3) is 0 Å².